The van der Waals surface area contributed by atoms with Crippen LogP contribution in [0.25, 0.3) is 0 Å². The lowest BCUT2D eigenvalue weighted by atomic mass is 9.97. The predicted octanol–water partition coefficient (Wildman–Crippen LogP) is 1.64. The Balaban J connectivity index is 2.21. The first-order valence-electron chi connectivity index (χ1n) is 6.79. The van der Waals surface area contributed by atoms with E-state index < -0.39 is 0 Å². The van der Waals surface area contributed by atoms with Gasteiger partial charge in [-0.3, -0.25) is 4.79 Å². The molecule has 0 fully saturated rings. The van der Waals surface area contributed by atoms with E-state index in [1.54, 1.807) is 7.11 Å². The van der Waals surface area contributed by atoms with Crippen molar-refractivity contribution in [3.63, 3.8) is 0 Å². The molecule has 1 aromatic rings. The summed E-state index contributed by atoms with van der Waals surface area (Å²) in [7, 11) is 1.60. The first kappa shape index (κ1) is 14.0. The number of nitrogens with two attached hydrogens (primary N) is 1. The van der Waals surface area contributed by atoms with Gasteiger partial charge >= 0.3 is 0 Å². The zero-order valence-electron chi connectivity index (χ0n) is 11.7. The van der Waals surface area contributed by atoms with Gasteiger partial charge in [0.05, 0.1) is 12.5 Å². The van der Waals surface area contributed by atoms with E-state index in [9.17, 15) is 4.79 Å². The Morgan fingerprint density at radius 1 is 1.53 bits per heavy atom. The molecule has 2 rings (SSSR count). The maximum Gasteiger partial charge on any atom is 0.229 e. The summed E-state index contributed by atoms with van der Waals surface area (Å²) in [5.41, 5.74) is 9.10. The summed E-state index contributed by atoms with van der Waals surface area (Å²) in [6.07, 6.45) is 2.22. The van der Waals surface area contributed by atoms with E-state index in [0.29, 0.717) is 13.0 Å². The molecule has 0 bridgehead atoms. The number of hydrogen-bond acceptors (Lipinski definition) is 3. The van der Waals surface area contributed by atoms with Crippen molar-refractivity contribution in [3.05, 3.63) is 29.3 Å². The molecule has 0 saturated heterocycles. The number of carbonyl (C=O) groups is 1. The van der Waals surface area contributed by atoms with E-state index in [2.05, 4.69) is 25.1 Å². The number of anilines is 1. The summed E-state index contributed by atoms with van der Waals surface area (Å²) in [5, 5.41) is 0. The average molecular weight is 262 g/mol. The Hall–Kier alpha value is -1.39. The van der Waals surface area contributed by atoms with Crippen LogP contribution in [0, 0.1) is 6.92 Å². The molecule has 0 aromatic heterocycles. The molecular weight excluding hydrogens is 240 g/mol. The molecule has 1 heterocycles. The standard InChI is InChI=1S/C15H22N2O2/c1-11-5-3-6-12-7-4-8-17(15(11)12)14(18)9-13(10-16)19-2/h3,5-6,13H,4,7-10,16H2,1-2H3. The van der Waals surface area contributed by atoms with Crippen molar-refractivity contribution in [1.82, 2.24) is 0 Å². The summed E-state index contributed by atoms with van der Waals surface area (Å²) in [5.74, 6) is 0.104. The van der Waals surface area contributed by atoms with Crippen molar-refractivity contribution in [1.29, 1.82) is 0 Å². The minimum Gasteiger partial charge on any atom is -0.380 e. The van der Waals surface area contributed by atoms with Gasteiger partial charge in [-0.2, -0.15) is 0 Å². The van der Waals surface area contributed by atoms with Gasteiger partial charge in [0.15, 0.2) is 0 Å². The third kappa shape index (κ3) is 2.96. The molecule has 1 unspecified atom stereocenters. The minimum absolute atomic E-state index is 0.104. The maximum atomic E-state index is 12.4. The van der Waals surface area contributed by atoms with Gasteiger partial charge in [-0.1, -0.05) is 18.2 Å². The fraction of sp³-hybridized carbons (Fsp3) is 0.533. The van der Waals surface area contributed by atoms with E-state index >= 15 is 0 Å². The molecule has 0 aliphatic carbocycles. The Kier molecular flexibility index (Phi) is 4.56. The molecule has 2 N–H and O–H groups in total. The summed E-state index contributed by atoms with van der Waals surface area (Å²) in [6.45, 7) is 3.22. The van der Waals surface area contributed by atoms with Gasteiger partial charge in [-0.15, -0.1) is 0 Å². The van der Waals surface area contributed by atoms with Crippen LogP contribution in [0.1, 0.15) is 24.0 Å². The molecule has 0 radical (unpaired) electrons. The van der Waals surface area contributed by atoms with Gasteiger partial charge < -0.3 is 15.4 Å². The second kappa shape index (κ2) is 6.17. The molecule has 1 aromatic carbocycles. The highest BCUT2D eigenvalue weighted by Crippen LogP contribution is 2.31. The molecular formula is C15H22N2O2. The number of carbonyl (C=O) groups excluding carboxylic acids is 1. The van der Waals surface area contributed by atoms with Crippen LogP contribution in [-0.2, 0) is 16.0 Å². The second-order valence-corrected chi connectivity index (χ2v) is 5.03. The van der Waals surface area contributed by atoms with Crippen LogP contribution in [0.2, 0.25) is 0 Å². The monoisotopic (exact) mass is 262 g/mol. The smallest absolute Gasteiger partial charge is 0.229 e. The highest BCUT2D eigenvalue weighted by molar-refractivity contribution is 5.95. The number of benzene rings is 1. The van der Waals surface area contributed by atoms with E-state index in [-0.39, 0.29) is 12.0 Å². The molecule has 1 atom stereocenters. The largest absolute Gasteiger partial charge is 0.380 e. The molecule has 1 amide bonds. The van der Waals surface area contributed by atoms with E-state index in [4.69, 9.17) is 10.5 Å². The Bertz CT molecular complexity index is 455. The number of fused-ring (bicyclic) bond motifs is 1. The van der Waals surface area contributed by atoms with Crippen LogP contribution in [0.4, 0.5) is 5.69 Å². The maximum absolute atomic E-state index is 12.4. The number of hydrogen-bond donors (Lipinski definition) is 1. The van der Waals surface area contributed by atoms with Crippen molar-refractivity contribution in [2.75, 3.05) is 25.1 Å². The number of aryl methyl sites for hydroxylation is 2. The third-order valence-corrected chi connectivity index (χ3v) is 3.72. The number of rotatable bonds is 4. The summed E-state index contributed by atoms with van der Waals surface area (Å²) < 4.78 is 5.21. The summed E-state index contributed by atoms with van der Waals surface area (Å²) >= 11 is 0. The van der Waals surface area contributed by atoms with E-state index in [0.717, 1.165) is 30.6 Å². The zero-order valence-corrected chi connectivity index (χ0v) is 11.7. The Morgan fingerprint density at radius 3 is 3.00 bits per heavy atom. The lowest BCUT2D eigenvalue weighted by Gasteiger charge is -2.32. The molecule has 1 aliphatic rings. The van der Waals surface area contributed by atoms with E-state index in [1.807, 2.05) is 4.90 Å². The van der Waals surface area contributed by atoms with Crippen LogP contribution in [-0.4, -0.2) is 32.2 Å². The fourth-order valence-electron chi connectivity index (χ4n) is 2.66. The third-order valence-electron chi connectivity index (χ3n) is 3.72. The van der Waals surface area contributed by atoms with Crippen LogP contribution >= 0.6 is 0 Å². The second-order valence-electron chi connectivity index (χ2n) is 5.03. The molecule has 19 heavy (non-hydrogen) atoms. The summed E-state index contributed by atoms with van der Waals surface area (Å²) in [4.78, 5) is 14.3. The van der Waals surface area contributed by atoms with Crippen molar-refractivity contribution in [2.24, 2.45) is 5.73 Å². The van der Waals surface area contributed by atoms with Crippen molar-refractivity contribution >= 4 is 11.6 Å². The lowest BCUT2D eigenvalue weighted by molar-refractivity contribution is -0.120. The van der Waals surface area contributed by atoms with Crippen molar-refractivity contribution in [2.45, 2.75) is 32.3 Å². The number of para-hydroxylation sites is 1. The SMILES string of the molecule is COC(CN)CC(=O)N1CCCc2cccc(C)c21. The first-order chi connectivity index (χ1) is 9.17. The number of methoxy groups -OCH3 is 1. The minimum atomic E-state index is -0.193. The molecule has 4 nitrogen and oxygen atoms in total. The first-order valence-corrected chi connectivity index (χ1v) is 6.79. The Morgan fingerprint density at radius 2 is 2.32 bits per heavy atom. The van der Waals surface area contributed by atoms with Crippen LogP contribution in [0.3, 0.4) is 0 Å². The molecule has 104 valence electrons. The fourth-order valence-corrected chi connectivity index (χ4v) is 2.66. The normalized spacial score (nSPS) is 16.1. The van der Waals surface area contributed by atoms with Crippen molar-refractivity contribution in [3.8, 4) is 0 Å². The average Bonchev–Trinajstić information content (AvgIpc) is 2.44. The number of amides is 1. The van der Waals surface area contributed by atoms with Gasteiger partial charge in [0, 0.05) is 25.9 Å². The number of ether oxygens (including phenoxy) is 1. The zero-order chi connectivity index (χ0) is 13.8. The molecule has 0 saturated carbocycles. The molecule has 0 spiro atoms. The Labute approximate surface area is 114 Å². The lowest BCUT2D eigenvalue weighted by Crippen LogP contribution is -2.39. The van der Waals surface area contributed by atoms with Gasteiger partial charge in [0.25, 0.3) is 0 Å². The summed E-state index contributed by atoms with van der Waals surface area (Å²) in [6, 6.07) is 6.22. The predicted molar refractivity (Wildman–Crippen MR) is 76.3 cm³/mol. The van der Waals surface area contributed by atoms with Crippen LogP contribution in [0.5, 0.6) is 0 Å². The van der Waals surface area contributed by atoms with E-state index in [1.165, 1.54) is 5.56 Å². The van der Waals surface area contributed by atoms with Crippen LogP contribution < -0.4 is 10.6 Å². The highest BCUT2D eigenvalue weighted by Gasteiger charge is 2.25. The molecule has 4 heteroatoms. The highest BCUT2D eigenvalue weighted by atomic mass is 16.5. The molecule has 1 aliphatic heterocycles. The topological polar surface area (TPSA) is 55.6 Å². The van der Waals surface area contributed by atoms with Crippen molar-refractivity contribution < 1.29 is 9.53 Å². The van der Waals surface area contributed by atoms with Gasteiger partial charge in [-0.05, 0) is 30.9 Å². The van der Waals surface area contributed by atoms with Gasteiger partial charge in [-0.25, -0.2) is 0 Å². The van der Waals surface area contributed by atoms with Gasteiger partial charge in [0.2, 0.25) is 5.91 Å². The number of nitrogens with zero attached hydrogens (tertiary/aromatic N) is 1. The quantitative estimate of drug-likeness (QED) is 0.897. The van der Waals surface area contributed by atoms with Gasteiger partial charge in [0.1, 0.15) is 0 Å². The van der Waals surface area contributed by atoms with Crippen LogP contribution in [0.15, 0.2) is 18.2 Å².